The van der Waals surface area contributed by atoms with E-state index in [1.54, 1.807) is 25.1 Å². The summed E-state index contributed by atoms with van der Waals surface area (Å²) >= 11 is 3.28. The van der Waals surface area contributed by atoms with Gasteiger partial charge in [-0.25, -0.2) is 4.98 Å². The highest BCUT2D eigenvalue weighted by Gasteiger charge is 2.23. The number of furan rings is 1. The number of carbonyl (C=O) groups is 1. The third kappa shape index (κ3) is 10.7. The summed E-state index contributed by atoms with van der Waals surface area (Å²) < 4.78 is 10.9. The molecule has 1 unspecified atom stereocenters. The first-order valence-corrected chi connectivity index (χ1v) is 14.7. The summed E-state index contributed by atoms with van der Waals surface area (Å²) in [6.07, 6.45) is 16.2. The second-order valence-electron chi connectivity index (χ2n) is 8.40. The minimum Gasteiger partial charge on any atom is -0.479 e. The number of nitrogens with one attached hydrogen (secondary N) is 1. The molecule has 0 spiro atoms. The fraction of sp³-hybridized carbons (Fsp3) is 0.654. The van der Waals surface area contributed by atoms with Crippen molar-refractivity contribution in [1.29, 1.82) is 0 Å². The molecular formula is C26H41N3O3S2. The first-order valence-electron chi connectivity index (χ1n) is 12.7. The Hall–Kier alpha value is -1.67. The van der Waals surface area contributed by atoms with Gasteiger partial charge in [-0.05, 0) is 30.7 Å². The van der Waals surface area contributed by atoms with Crippen LogP contribution in [0.3, 0.4) is 0 Å². The molecule has 0 saturated heterocycles. The van der Waals surface area contributed by atoms with Gasteiger partial charge in [-0.3, -0.25) is 4.79 Å². The number of ether oxygens (including phenoxy) is 1. The Kier molecular flexibility index (Phi) is 14.9. The van der Waals surface area contributed by atoms with Crippen LogP contribution < -0.4 is 10.1 Å². The summed E-state index contributed by atoms with van der Waals surface area (Å²) in [6.45, 7) is 4.46. The summed E-state index contributed by atoms with van der Waals surface area (Å²) in [7, 11) is 1.56. The van der Waals surface area contributed by atoms with Gasteiger partial charge in [0.15, 0.2) is 0 Å². The van der Waals surface area contributed by atoms with Crippen LogP contribution in [-0.2, 0) is 10.5 Å². The monoisotopic (exact) mass is 507 g/mol. The van der Waals surface area contributed by atoms with Gasteiger partial charge in [0, 0.05) is 0 Å². The van der Waals surface area contributed by atoms with E-state index in [4.69, 9.17) is 9.15 Å². The molecule has 2 heterocycles. The predicted molar refractivity (Wildman–Crippen MR) is 144 cm³/mol. The van der Waals surface area contributed by atoms with Crippen molar-refractivity contribution in [1.82, 2.24) is 9.97 Å². The van der Waals surface area contributed by atoms with E-state index in [9.17, 15) is 4.79 Å². The minimum absolute atomic E-state index is 0.0157. The van der Waals surface area contributed by atoms with Gasteiger partial charge in [-0.2, -0.15) is 4.98 Å². The van der Waals surface area contributed by atoms with Gasteiger partial charge in [0.25, 0.3) is 0 Å². The van der Waals surface area contributed by atoms with Crippen LogP contribution in [0.15, 0.2) is 34.2 Å². The normalized spacial score (nSPS) is 12.0. The zero-order valence-corrected chi connectivity index (χ0v) is 22.6. The van der Waals surface area contributed by atoms with Crippen LogP contribution in [0.1, 0.15) is 90.2 Å². The van der Waals surface area contributed by atoms with Crippen molar-refractivity contribution in [3.8, 4) is 5.88 Å². The maximum absolute atomic E-state index is 13.4. The van der Waals surface area contributed by atoms with E-state index in [-0.39, 0.29) is 11.2 Å². The van der Waals surface area contributed by atoms with Gasteiger partial charge in [0.1, 0.15) is 22.8 Å². The lowest BCUT2D eigenvalue weighted by Gasteiger charge is -2.18. The molecule has 0 radical (unpaired) electrons. The summed E-state index contributed by atoms with van der Waals surface area (Å²) in [5.74, 6) is 2.88. The largest absolute Gasteiger partial charge is 0.479 e. The SMILES string of the molecule is CCCCCCCCC(SCCCCCC)C(=O)Nc1c(OC)ncnc1SCc1ccco1. The average molecular weight is 508 g/mol. The number of unbranched alkanes of at least 4 members (excludes halogenated alkanes) is 8. The van der Waals surface area contributed by atoms with Crippen LogP contribution in [0.25, 0.3) is 0 Å². The topological polar surface area (TPSA) is 77.2 Å². The molecule has 0 saturated carbocycles. The van der Waals surface area contributed by atoms with E-state index in [2.05, 4.69) is 29.1 Å². The Morgan fingerprint density at radius 2 is 1.79 bits per heavy atom. The molecule has 2 aromatic rings. The molecule has 190 valence electrons. The highest BCUT2D eigenvalue weighted by atomic mass is 32.2. The first-order chi connectivity index (χ1) is 16.7. The predicted octanol–water partition coefficient (Wildman–Crippen LogP) is 7.74. The van der Waals surface area contributed by atoms with Crippen molar-refractivity contribution in [2.75, 3.05) is 18.2 Å². The van der Waals surface area contributed by atoms with Crippen LogP contribution in [-0.4, -0.2) is 34.0 Å². The second-order valence-corrected chi connectivity index (χ2v) is 10.7. The quantitative estimate of drug-likeness (QED) is 0.118. The molecule has 1 N–H and O–H groups in total. The third-order valence-corrected chi connectivity index (χ3v) is 7.97. The van der Waals surface area contributed by atoms with E-state index >= 15 is 0 Å². The number of aromatic nitrogens is 2. The molecule has 0 aliphatic carbocycles. The zero-order valence-electron chi connectivity index (χ0n) is 21.0. The molecule has 1 atom stereocenters. The number of thioether (sulfide) groups is 2. The summed E-state index contributed by atoms with van der Waals surface area (Å²) in [5, 5.41) is 3.71. The molecule has 0 bridgehead atoms. The molecule has 0 aromatic carbocycles. The molecule has 6 nitrogen and oxygen atoms in total. The van der Waals surface area contributed by atoms with Crippen molar-refractivity contribution < 1.29 is 13.9 Å². The lowest BCUT2D eigenvalue weighted by atomic mass is 10.1. The molecule has 0 fully saturated rings. The number of nitrogens with zero attached hydrogens (tertiary/aromatic N) is 2. The summed E-state index contributed by atoms with van der Waals surface area (Å²) in [5.41, 5.74) is 0.547. The smallest absolute Gasteiger partial charge is 0.241 e. The van der Waals surface area contributed by atoms with Crippen LogP contribution in [0.5, 0.6) is 5.88 Å². The van der Waals surface area contributed by atoms with Crippen LogP contribution >= 0.6 is 23.5 Å². The van der Waals surface area contributed by atoms with Crippen molar-refractivity contribution >= 4 is 35.1 Å². The van der Waals surface area contributed by atoms with E-state index in [1.807, 2.05) is 12.1 Å². The van der Waals surface area contributed by atoms with Gasteiger partial charge in [-0.1, -0.05) is 83.4 Å². The molecular weight excluding hydrogens is 466 g/mol. The van der Waals surface area contributed by atoms with Gasteiger partial charge < -0.3 is 14.5 Å². The minimum atomic E-state index is -0.0827. The molecule has 2 aromatic heterocycles. The number of methoxy groups -OCH3 is 1. The molecule has 0 aliphatic heterocycles. The lowest BCUT2D eigenvalue weighted by molar-refractivity contribution is -0.115. The molecule has 1 amide bonds. The molecule has 34 heavy (non-hydrogen) atoms. The molecule has 2 rings (SSSR count). The Bertz CT molecular complexity index is 803. The zero-order chi connectivity index (χ0) is 24.4. The number of anilines is 1. The maximum atomic E-state index is 13.4. The third-order valence-electron chi connectivity index (χ3n) is 5.58. The van der Waals surface area contributed by atoms with E-state index in [1.165, 1.54) is 69.5 Å². The average Bonchev–Trinajstić information content (AvgIpc) is 3.37. The highest BCUT2D eigenvalue weighted by Crippen LogP contribution is 2.34. The Labute approximate surface area is 213 Å². The molecule has 0 aliphatic rings. The maximum Gasteiger partial charge on any atom is 0.241 e. The molecule has 8 heteroatoms. The van der Waals surface area contributed by atoms with Crippen molar-refractivity contribution in [3.63, 3.8) is 0 Å². The van der Waals surface area contributed by atoms with Crippen LogP contribution in [0, 0.1) is 0 Å². The Morgan fingerprint density at radius 3 is 2.50 bits per heavy atom. The fourth-order valence-corrected chi connectivity index (χ4v) is 5.66. The first kappa shape index (κ1) is 28.6. The van der Waals surface area contributed by atoms with Gasteiger partial charge in [0.05, 0.1) is 24.4 Å². The van der Waals surface area contributed by atoms with Crippen molar-refractivity contribution in [3.05, 3.63) is 30.5 Å². The highest BCUT2D eigenvalue weighted by molar-refractivity contribution is 8.00. The van der Waals surface area contributed by atoms with Gasteiger partial charge in [-0.15, -0.1) is 11.8 Å². The van der Waals surface area contributed by atoms with Gasteiger partial charge >= 0.3 is 0 Å². The standard InChI is InChI=1S/C26H41N3O3S2/c1-4-6-8-10-11-12-16-22(33-18-13-9-7-5-2)24(30)29-23-25(31-3)27-20-28-26(23)34-19-21-15-14-17-32-21/h14-15,17,20,22H,4-13,16,18-19H2,1-3H3,(H,29,30). The lowest BCUT2D eigenvalue weighted by Crippen LogP contribution is -2.26. The fourth-order valence-electron chi connectivity index (χ4n) is 3.62. The summed E-state index contributed by atoms with van der Waals surface area (Å²) in [6, 6.07) is 3.79. The Balaban J connectivity index is 2.02. The van der Waals surface area contributed by atoms with Crippen molar-refractivity contribution in [2.45, 2.75) is 101 Å². The summed E-state index contributed by atoms with van der Waals surface area (Å²) in [4.78, 5) is 22.0. The van der Waals surface area contributed by atoms with Crippen molar-refractivity contribution in [2.24, 2.45) is 0 Å². The number of hydrogen-bond donors (Lipinski definition) is 1. The number of rotatable bonds is 19. The van der Waals surface area contributed by atoms with Crippen LogP contribution in [0.4, 0.5) is 5.69 Å². The van der Waals surface area contributed by atoms with E-state index in [0.29, 0.717) is 22.3 Å². The number of carbonyl (C=O) groups excluding carboxylic acids is 1. The Morgan fingerprint density at radius 1 is 1.06 bits per heavy atom. The van der Waals surface area contributed by atoms with E-state index < -0.39 is 0 Å². The number of amides is 1. The second kappa shape index (κ2) is 17.7. The van der Waals surface area contributed by atoms with Gasteiger partial charge in [0.2, 0.25) is 11.8 Å². The van der Waals surface area contributed by atoms with Crippen LogP contribution in [0.2, 0.25) is 0 Å². The number of hydrogen-bond acceptors (Lipinski definition) is 7. The van der Waals surface area contributed by atoms with E-state index in [0.717, 1.165) is 30.8 Å².